The third-order valence-electron chi connectivity index (χ3n) is 6.59. The number of ketones is 1. The van der Waals surface area contributed by atoms with E-state index in [0.717, 1.165) is 49.4 Å². The topological polar surface area (TPSA) is 70.1 Å². The van der Waals surface area contributed by atoms with Gasteiger partial charge in [0.05, 0.1) is 11.6 Å². The predicted molar refractivity (Wildman–Crippen MR) is 128 cm³/mol. The molecule has 2 heterocycles. The smallest absolute Gasteiger partial charge is 0.295 e. The van der Waals surface area contributed by atoms with Gasteiger partial charge in [0.25, 0.3) is 11.7 Å². The summed E-state index contributed by atoms with van der Waals surface area (Å²) in [5, 5.41) is 11.3. The molecule has 6 heteroatoms. The Hall–Kier alpha value is -3.12. The maximum atomic E-state index is 13.2. The van der Waals surface area contributed by atoms with Crippen LogP contribution in [0.25, 0.3) is 5.76 Å². The van der Waals surface area contributed by atoms with Crippen molar-refractivity contribution in [1.82, 2.24) is 9.80 Å². The van der Waals surface area contributed by atoms with Crippen LogP contribution in [0.3, 0.4) is 0 Å². The molecule has 0 aliphatic carbocycles. The molecule has 2 aromatic carbocycles. The Morgan fingerprint density at radius 3 is 2.55 bits per heavy atom. The number of Topliss-reactive ketones (excluding diaryl/α,β-unsaturated/α-hetero) is 1. The van der Waals surface area contributed by atoms with Gasteiger partial charge in [0.1, 0.15) is 17.6 Å². The predicted octanol–water partition coefficient (Wildman–Crippen LogP) is 4.16. The number of aliphatic hydroxyl groups excluding tert-OH is 1. The largest absolute Gasteiger partial charge is 0.507 e. The van der Waals surface area contributed by atoms with Gasteiger partial charge in [0, 0.05) is 18.5 Å². The Morgan fingerprint density at radius 1 is 1.12 bits per heavy atom. The molecule has 1 N–H and O–H groups in total. The third kappa shape index (κ3) is 4.53. The summed E-state index contributed by atoms with van der Waals surface area (Å²) in [6.07, 6.45) is 1.59. The molecule has 2 aliphatic rings. The highest BCUT2D eigenvalue weighted by molar-refractivity contribution is 6.46. The third-order valence-corrected chi connectivity index (χ3v) is 6.59. The minimum absolute atomic E-state index is 0.0816. The first-order valence-corrected chi connectivity index (χ1v) is 11.8. The number of aliphatic hydroxyl groups is 1. The SMILES string of the molecule is CCN(CC)CCCN1C(=O)C(=O)C(=C(O)c2ccc3c(c2)C[C@@H](C)O3)[C@H]1c1ccccc1. The van der Waals surface area contributed by atoms with Gasteiger partial charge in [-0.05, 0) is 62.3 Å². The molecule has 6 nitrogen and oxygen atoms in total. The van der Waals surface area contributed by atoms with Gasteiger partial charge in [-0.25, -0.2) is 0 Å². The molecule has 0 saturated carbocycles. The van der Waals surface area contributed by atoms with Crippen LogP contribution in [0.1, 0.15) is 49.9 Å². The van der Waals surface area contributed by atoms with Crippen molar-refractivity contribution in [3.63, 3.8) is 0 Å². The summed E-state index contributed by atoms with van der Waals surface area (Å²) in [6, 6.07) is 14.3. The molecule has 33 heavy (non-hydrogen) atoms. The second-order valence-electron chi connectivity index (χ2n) is 8.74. The molecule has 0 bridgehead atoms. The molecule has 0 aromatic heterocycles. The number of fused-ring (bicyclic) bond motifs is 1. The Bertz CT molecular complexity index is 1060. The monoisotopic (exact) mass is 448 g/mol. The highest BCUT2D eigenvalue weighted by atomic mass is 16.5. The van der Waals surface area contributed by atoms with Crippen LogP contribution < -0.4 is 4.74 Å². The van der Waals surface area contributed by atoms with E-state index in [1.165, 1.54) is 0 Å². The van der Waals surface area contributed by atoms with Crippen LogP contribution in [-0.2, 0) is 16.0 Å². The van der Waals surface area contributed by atoms with E-state index in [4.69, 9.17) is 4.74 Å². The van der Waals surface area contributed by atoms with Crippen molar-refractivity contribution in [2.45, 2.75) is 45.8 Å². The number of amides is 1. The van der Waals surface area contributed by atoms with Crippen molar-refractivity contribution >= 4 is 17.4 Å². The average Bonchev–Trinajstić information content (AvgIpc) is 3.32. The first-order chi connectivity index (χ1) is 15.9. The normalized spacial score (nSPS) is 21.5. The fourth-order valence-corrected chi connectivity index (χ4v) is 4.82. The molecule has 1 saturated heterocycles. The number of ether oxygens (including phenoxy) is 1. The molecule has 2 aromatic rings. The zero-order valence-electron chi connectivity index (χ0n) is 19.6. The lowest BCUT2D eigenvalue weighted by Gasteiger charge is -2.26. The van der Waals surface area contributed by atoms with Crippen molar-refractivity contribution in [1.29, 1.82) is 0 Å². The van der Waals surface area contributed by atoms with Crippen molar-refractivity contribution in [3.8, 4) is 5.75 Å². The van der Waals surface area contributed by atoms with E-state index in [2.05, 4.69) is 18.7 Å². The highest BCUT2D eigenvalue weighted by Crippen LogP contribution is 2.40. The Kier molecular flexibility index (Phi) is 6.84. The minimum Gasteiger partial charge on any atom is -0.507 e. The molecule has 174 valence electrons. The van der Waals surface area contributed by atoms with Gasteiger partial charge in [0.15, 0.2) is 0 Å². The van der Waals surface area contributed by atoms with Crippen LogP contribution in [0.4, 0.5) is 0 Å². The lowest BCUT2D eigenvalue weighted by Crippen LogP contribution is -2.33. The van der Waals surface area contributed by atoms with E-state index in [1.54, 1.807) is 11.0 Å². The molecular formula is C27H32N2O4. The second kappa shape index (κ2) is 9.79. The number of nitrogens with zero attached hydrogens (tertiary/aromatic N) is 2. The quantitative estimate of drug-likeness (QED) is 0.373. The van der Waals surface area contributed by atoms with Gasteiger partial charge in [-0.1, -0.05) is 44.2 Å². The molecule has 4 rings (SSSR count). The van der Waals surface area contributed by atoms with E-state index in [0.29, 0.717) is 12.1 Å². The standard InChI is InChI=1S/C27H32N2O4/c1-4-28(5-2)14-9-15-29-24(19-10-7-6-8-11-19)23(26(31)27(29)32)25(30)20-12-13-22-21(17-20)16-18(3)33-22/h6-8,10-13,17-18,24,30H,4-5,9,14-16H2,1-3H3/t18-,24-/m1/s1. The molecular weight excluding hydrogens is 416 g/mol. The van der Waals surface area contributed by atoms with Gasteiger partial charge in [0.2, 0.25) is 0 Å². The molecule has 1 fully saturated rings. The number of carbonyl (C=O) groups is 2. The van der Waals surface area contributed by atoms with Gasteiger partial charge in [-0.15, -0.1) is 0 Å². The summed E-state index contributed by atoms with van der Waals surface area (Å²) in [4.78, 5) is 30.2. The summed E-state index contributed by atoms with van der Waals surface area (Å²) >= 11 is 0. The van der Waals surface area contributed by atoms with Crippen LogP contribution in [0.15, 0.2) is 54.1 Å². The average molecular weight is 449 g/mol. The van der Waals surface area contributed by atoms with E-state index in [1.807, 2.05) is 49.4 Å². The zero-order valence-corrected chi connectivity index (χ0v) is 19.6. The lowest BCUT2D eigenvalue weighted by molar-refractivity contribution is -0.140. The second-order valence-corrected chi connectivity index (χ2v) is 8.74. The molecule has 0 unspecified atom stereocenters. The fourth-order valence-electron chi connectivity index (χ4n) is 4.82. The number of hydrogen-bond donors (Lipinski definition) is 1. The summed E-state index contributed by atoms with van der Waals surface area (Å²) < 4.78 is 5.76. The van der Waals surface area contributed by atoms with E-state index >= 15 is 0 Å². The molecule has 0 spiro atoms. The van der Waals surface area contributed by atoms with Crippen molar-refractivity contribution in [2.24, 2.45) is 0 Å². The van der Waals surface area contributed by atoms with Crippen LogP contribution in [0.2, 0.25) is 0 Å². The van der Waals surface area contributed by atoms with Crippen molar-refractivity contribution in [2.75, 3.05) is 26.2 Å². The van der Waals surface area contributed by atoms with Gasteiger partial charge in [-0.2, -0.15) is 0 Å². The molecule has 1 amide bonds. The Morgan fingerprint density at radius 2 is 1.85 bits per heavy atom. The van der Waals surface area contributed by atoms with E-state index < -0.39 is 17.7 Å². The van der Waals surface area contributed by atoms with Gasteiger partial charge < -0.3 is 19.6 Å². The number of likely N-dealkylation sites (tertiary alicyclic amines) is 1. The first-order valence-electron chi connectivity index (χ1n) is 11.8. The first kappa shape index (κ1) is 23.1. The Labute approximate surface area is 195 Å². The van der Waals surface area contributed by atoms with Crippen LogP contribution in [-0.4, -0.2) is 58.9 Å². The van der Waals surface area contributed by atoms with Crippen LogP contribution in [0, 0.1) is 0 Å². The minimum atomic E-state index is -0.630. The number of rotatable bonds is 8. The Balaban J connectivity index is 1.71. The highest BCUT2D eigenvalue weighted by Gasteiger charge is 2.45. The van der Waals surface area contributed by atoms with Gasteiger partial charge in [-0.3, -0.25) is 9.59 Å². The molecule has 0 radical (unpaired) electrons. The summed E-state index contributed by atoms with van der Waals surface area (Å²) in [5.74, 6) is -0.510. The van der Waals surface area contributed by atoms with Gasteiger partial charge >= 0.3 is 0 Å². The van der Waals surface area contributed by atoms with E-state index in [9.17, 15) is 14.7 Å². The number of carbonyl (C=O) groups excluding carboxylic acids is 2. The van der Waals surface area contributed by atoms with E-state index in [-0.39, 0.29) is 17.4 Å². The summed E-state index contributed by atoms with van der Waals surface area (Å²) in [6.45, 7) is 9.41. The molecule has 2 aliphatic heterocycles. The number of hydrogen-bond acceptors (Lipinski definition) is 5. The zero-order chi connectivity index (χ0) is 23.5. The maximum Gasteiger partial charge on any atom is 0.295 e. The summed E-state index contributed by atoms with van der Waals surface area (Å²) in [7, 11) is 0. The molecule has 2 atom stereocenters. The fraction of sp³-hybridized carbons (Fsp3) is 0.407. The number of benzene rings is 2. The van der Waals surface area contributed by atoms with Crippen LogP contribution in [0.5, 0.6) is 5.75 Å². The lowest BCUT2D eigenvalue weighted by atomic mass is 9.94. The van der Waals surface area contributed by atoms with Crippen molar-refractivity contribution < 1.29 is 19.4 Å². The maximum absolute atomic E-state index is 13.2. The van der Waals surface area contributed by atoms with Crippen molar-refractivity contribution in [3.05, 3.63) is 70.8 Å². The summed E-state index contributed by atoms with van der Waals surface area (Å²) in [5.41, 5.74) is 2.50. The van der Waals surface area contributed by atoms with Crippen LogP contribution >= 0.6 is 0 Å².